The summed E-state index contributed by atoms with van der Waals surface area (Å²) in [5.74, 6) is 1.24. The van der Waals surface area contributed by atoms with Crippen LogP contribution in [-0.2, 0) is 4.74 Å². The maximum atomic E-state index is 6.03. The molecule has 1 aromatic carbocycles. The van der Waals surface area contributed by atoms with Gasteiger partial charge in [-0.05, 0) is 37.3 Å². The maximum absolute atomic E-state index is 6.03. The Balaban J connectivity index is 2.11. The van der Waals surface area contributed by atoms with E-state index in [-0.39, 0.29) is 6.10 Å². The molecular weight excluding hydrogens is 220 g/mol. The Kier molecular flexibility index (Phi) is 4.24. The highest BCUT2D eigenvalue weighted by atomic mass is 16.5. The third-order valence-corrected chi connectivity index (χ3v) is 3.70. The normalized spacial score (nSPS) is 23.4. The lowest BCUT2D eigenvalue weighted by molar-refractivity contribution is 0.0687. The zero-order chi connectivity index (χ0) is 13.0. The standard InChI is InChI=1S/C17H22O/c1-13(2)14(3)18-17-12-8-7-11-16(17)15-9-5-4-6-10-15/h4-6,9-10,16-17H,1,3,7-8,11-12H2,2H3/t16-,17+/m0/s1. The Morgan fingerprint density at radius 3 is 2.44 bits per heavy atom. The topological polar surface area (TPSA) is 9.23 Å². The quantitative estimate of drug-likeness (QED) is 0.543. The lowest BCUT2D eigenvalue weighted by Crippen LogP contribution is -2.26. The third-order valence-electron chi connectivity index (χ3n) is 3.70. The summed E-state index contributed by atoms with van der Waals surface area (Å²) in [6.45, 7) is 9.80. The van der Waals surface area contributed by atoms with Crippen molar-refractivity contribution in [3.8, 4) is 0 Å². The van der Waals surface area contributed by atoms with Crippen molar-refractivity contribution in [2.75, 3.05) is 0 Å². The minimum atomic E-state index is 0.255. The first kappa shape index (κ1) is 12.9. The fourth-order valence-corrected chi connectivity index (χ4v) is 2.60. The molecule has 96 valence electrons. The van der Waals surface area contributed by atoms with Crippen LogP contribution in [0.4, 0.5) is 0 Å². The van der Waals surface area contributed by atoms with Crippen molar-refractivity contribution < 1.29 is 4.74 Å². The van der Waals surface area contributed by atoms with E-state index in [4.69, 9.17) is 4.74 Å². The van der Waals surface area contributed by atoms with Gasteiger partial charge in [0.15, 0.2) is 0 Å². The molecule has 1 aliphatic rings. The molecule has 1 nitrogen and oxygen atoms in total. The van der Waals surface area contributed by atoms with Crippen LogP contribution in [0.15, 0.2) is 54.8 Å². The molecule has 18 heavy (non-hydrogen) atoms. The van der Waals surface area contributed by atoms with Crippen molar-refractivity contribution in [3.63, 3.8) is 0 Å². The van der Waals surface area contributed by atoms with Crippen LogP contribution in [0.2, 0.25) is 0 Å². The van der Waals surface area contributed by atoms with E-state index in [1.54, 1.807) is 0 Å². The second-order valence-electron chi connectivity index (χ2n) is 5.16. The van der Waals surface area contributed by atoms with E-state index in [0.717, 1.165) is 17.8 Å². The van der Waals surface area contributed by atoms with E-state index in [1.807, 2.05) is 6.92 Å². The molecule has 2 rings (SSSR count). The van der Waals surface area contributed by atoms with Crippen LogP contribution < -0.4 is 0 Å². The highest BCUT2D eigenvalue weighted by Crippen LogP contribution is 2.36. The first-order valence-electron chi connectivity index (χ1n) is 6.75. The van der Waals surface area contributed by atoms with Crippen LogP contribution in [0.5, 0.6) is 0 Å². The molecule has 1 fully saturated rings. The third kappa shape index (κ3) is 3.04. The molecule has 1 saturated carbocycles. The summed E-state index contributed by atoms with van der Waals surface area (Å²) in [5.41, 5.74) is 2.31. The van der Waals surface area contributed by atoms with Crippen molar-refractivity contribution in [2.45, 2.75) is 44.6 Å². The predicted molar refractivity (Wildman–Crippen MR) is 76.5 cm³/mol. The number of hydrogen-bond acceptors (Lipinski definition) is 1. The first-order chi connectivity index (χ1) is 8.68. The molecule has 0 spiro atoms. The molecule has 0 radical (unpaired) electrons. The molecule has 0 bridgehead atoms. The van der Waals surface area contributed by atoms with E-state index in [9.17, 15) is 0 Å². The highest BCUT2D eigenvalue weighted by molar-refractivity contribution is 5.23. The molecule has 1 aromatic rings. The van der Waals surface area contributed by atoms with E-state index in [0.29, 0.717) is 5.92 Å². The lowest BCUT2D eigenvalue weighted by atomic mass is 9.81. The van der Waals surface area contributed by atoms with Crippen molar-refractivity contribution >= 4 is 0 Å². The predicted octanol–water partition coefficient (Wildman–Crippen LogP) is 4.82. The van der Waals surface area contributed by atoms with Crippen molar-refractivity contribution in [1.82, 2.24) is 0 Å². The largest absolute Gasteiger partial charge is 0.490 e. The molecular formula is C17H22O. The molecule has 1 aliphatic carbocycles. The Labute approximate surface area is 110 Å². The van der Waals surface area contributed by atoms with E-state index in [2.05, 4.69) is 43.5 Å². The Bertz CT molecular complexity index is 418. The summed E-state index contributed by atoms with van der Waals surface area (Å²) >= 11 is 0. The second-order valence-corrected chi connectivity index (χ2v) is 5.16. The summed E-state index contributed by atoms with van der Waals surface area (Å²) in [6, 6.07) is 10.7. The van der Waals surface area contributed by atoms with Gasteiger partial charge in [-0.1, -0.05) is 49.9 Å². The maximum Gasteiger partial charge on any atom is 0.114 e. The summed E-state index contributed by atoms with van der Waals surface area (Å²) < 4.78 is 6.03. The zero-order valence-electron chi connectivity index (χ0n) is 11.2. The van der Waals surface area contributed by atoms with Gasteiger partial charge in [0.25, 0.3) is 0 Å². The van der Waals surface area contributed by atoms with Gasteiger partial charge in [0.1, 0.15) is 11.9 Å². The smallest absolute Gasteiger partial charge is 0.114 e. The van der Waals surface area contributed by atoms with Gasteiger partial charge in [-0.25, -0.2) is 0 Å². The van der Waals surface area contributed by atoms with Gasteiger partial charge in [0, 0.05) is 5.92 Å². The van der Waals surface area contributed by atoms with Crippen molar-refractivity contribution in [1.29, 1.82) is 0 Å². The van der Waals surface area contributed by atoms with Crippen molar-refractivity contribution in [3.05, 3.63) is 60.4 Å². The van der Waals surface area contributed by atoms with Gasteiger partial charge in [0.05, 0.1) is 0 Å². The van der Waals surface area contributed by atoms with Crippen LogP contribution in [-0.4, -0.2) is 6.10 Å². The fraction of sp³-hybridized carbons (Fsp3) is 0.412. The van der Waals surface area contributed by atoms with Crippen LogP contribution in [0, 0.1) is 0 Å². The SMILES string of the molecule is C=C(C)C(=C)O[C@@H]1CCCC[C@H]1c1ccccc1. The fourth-order valence-electron chi connectivity index (χ4n) is 2.60. The Hall–Kier alpha value is -1.50. The summed E-state index contributed by atoms with van der Waals surface area (Å²) in [4.78, 5) is 0. The molecule has 0 amide bonds. The molecule has 0 aliphatic heterocycles. The van der Waals surface area contributed by atoms with Crippen LogP contribution >= 0.6 is 0 Å². The van der Waals surface area contributed by atoms with Gasteiger partial charge in [-0.3, -0.25) is 0 Å². The van der Waals surface area contributed by atoms with Gasteiger partial charge >= 0.3 is 0 Å². The molecule has 0 unspecified atom stereocenters. The minimum Gasteiger partial charge on any atom is -0.490 e. The van der Waals surface area contributed by atoms with Gasteiger partial charge in [-0.2, -0.15) is 0 Å². The van der Waals surface area contributed by atoms with Crippen LogP contribution in [0.25, 0.3) is 0 Å². The second kappa shape index (κ2) is 5.90. The highest BCUT2D eigenvalue weighted by Gasteiger charge is 2.28. The van der Waals surface area contributed by atoms with Gasteiger partial charge < -0.3 is 4.74 Å². The summed E-state index contributed by atoms with van der Waals surface area (Å²) in [5, 5.41) is 0. The Morgan fingerprint density at radius 1 is 1.11 bits per heavy atom. The first-order valence-corrected chi connectivity index (χ1v) is 6.75. The van der Waals surface area contributed by atoms with Gasteiger partial charge in [-0.15, -0.1) is 0 Å². The van der Waals surface area contributed by atoms with E-state index >= 15 is 0 Å². The molecule has 0 saturated heterocycles. The van der Waals surface area contributed by atoms with Crippen molar-refractivity contribution in [2.24, 2.45) is 0 Å². The number of benzene rings is 1. The average molecular weight is 242 g/mol. The Morgan fingerprint density at radius 2 is 1.78 bits per heavy atom. The lowest BCUT2D eigenvalue weighted by Gasteiger charge is -2.33. The number of allylic oxidation sites excluding steroid dienone is 1. The molecule has 1 heteroatoms. The number of ether oxygens (including phenoxy) is 1. The average Bonchev–Trinajstić information content (AvgIpc) is 2.40. The molecule has 0 N–H and O–H groups in total. The minimum absolute atomic E-state index is 0.255. The molecule has 0 aromatic heterocycles. The van der Waals surface area contributed by atoms with E-state index < -0.39 is 0 Å². The zero-order valence-corrected chi connectivity index (χ0v) is 11.2. The monoisotopic (exact) mass is 242 g/mol. The van der Waals surface area contributed by atoms with Crippen LogP contribution in [0.3, 0.4) is 0 Å². The summed E-state index contributed by atoms with van der Waals surface area (Å²) in [6.07, 6.45) is 5.12. The van der Waals surface area contributed by atoms with Crippen LogP contribution in [0.1, 0.15) is 44.1 Å². The summed E-state index contributed by atoms with van der Waals surface area (Å²) in [7, 11) is 0. The molecule has 2 atom stereocenters. The molecule has 0 heterocycles. The number of hydrogen-bond donors (Lipinski definition) is 0. The van der Waals surface area contributed by atoms with Gasteiger partial charge in [0.2, 0.25) is 0 Å². The van der Waals surface area contributed by atoms with E-state index in [1.165, 1.54) is 24.8 Å². The number of rotatable bonds is 4.